The fourth-order valence-electron chi connectivity index (χ4n) is 3.02. The van der Waals surface area contributed by atoms with Crippen LogP contribution in [0, 0.1) is 11.3 Å². The Morgan fingerprint density at radius 2 is 2.25 bits per heavy atom. The fourth-order valence-corrected chi connectivity index (χ4v) is 3.02. The molecule has 16 heavy (non-hydrogen) atoms. The van der Waals surface area contributed by atoms with Crippen molar-refractivity contribution in [1.29, 1.82) is 5.26 Å². The standard InChI is InChI=1S/C13H22N2O/c1-11(2)15(8-7-14)12-4-9-16-13(10-12)5-3-6-13/h11-12H,3-6,8-10H2,1-2H3. The number of ether oxygens (including phenoxy) is 1. The molecule has 0 N–H and O–H groups in total. The van der Waals surface area contributed by atoms with E-state index >= 15 is 0 Å². The molecule has 1 saturated heterocycles. The van der Waals surface area contributed by atoms with Crippen molar-refractivity contribution in [3.8, 4) is 6.07 Å². The molecule has 0 aromatic heterocycles. The Morgan fingerprint density at radius 3 is 2.75 bits per heavy atom. The van der Waals surface area contributed by atoms with Crippen LogP contribution in [0.3, 0.4) is 0 Å². The van der Waals surface area contributed by atoms with Gasteiger partial charge in [0.05, 0.1) is 18.2 Å². The van der Waals surface area contributed by atoms with Gasteiger partial charge < -0.3 is 4.74 Å². The first-order chi connectivity index (χ1) is 7.67. The third kappa shape index (κ3) is 2.23. The zero-order valence-corrected chi connectivity index (χ0v) is 10.4. The monoisotopic (exact) mass is 222 g/mol. The summed E-state index contributed by atoms with van der Waals surface area (Å²) >= 11 is 0. The zero-order valence-electron chi connectivity index (χ0n) is 10.4. The van der Waals surface area contributed by atoms with E-state index in [1.807, 2.05) is 0 Å². The topological polar surface area (TPSA) is 36.3 Å². The van der Waals surface area contributed by atoms with Gasteiger partial charge in [-0.1, -0.05) is 0 Å². The maximum Gasteiger partial charge on any atom is 0.0870 e. The van der Waals surface area contributed by atoms with Gasteiger partial charge in [0.15, 0.2) is 0 Å². The molecular formula is C13H22N2O. The van der Waals surface area contributed by atoms with Crippen molar-refractivity contribution < 1.29 is 4.74 Å². The molecule has 3 nitrogen and oxygen atoms in total. The van der Waals surface area contributed by atoms with E-state index in [0.717, 1.165) is 19.4 Å². The van der Waals surface area contributed by atoms with E-state index in [1.54, 1.807) is 0 Å². The van der Waals surface area contributed by atoms with E-state index in [-0.39, 0.29) is 5.60 Å². The van der Waals surface area contributed by atoms with Crippen LogP contribution in [0.15, 0.2) is 0 Å². The minimum atomic E-state index is 0.186. The normalized spacial score (nSPS) is 28.1. The number of nitrogens with zero attached hydrogens (tertiary/aromatic N) is 2. The predicted octanol–water partition coefficient (Wildman–Crippen LogP) is 2.32. The molecule has 3 heteroatoms. The Kier molecular flexibility index (Phi) is 3.51. The lowest BCUT2D eigenvalue weighted by Crippen LogP contribution is -2.53. The van der Waals surface area contributed by atoms with E-state index < -0.39 is 0 Å². The van der Waals surface area contributed by atoms with Crippen LogP contribution in [0.4, 0.5) is 0 Å². The SMILES string of the molecule is CC(C)N(CC#N)C1CCOC2(CCC2)C1. The van der Waals surface area contributed by atoms with Gasteiger partial charge in [-0.25, -0.2) is 0 Å². The molecule has 1 aliphatic carbocycles. The highest BCUT2D eigenvalue weighted by Gasteiger charge is 2.44. The molecule has 2 fully saturated rings. The number of nitriles is 1. The molecule has 1 spiro atoms. The summed E-state index contributed by atoms with van der Waals surface area (Å²) in [5.74, 6) is 0. The van der Waals surface area contributed by atoms with E-state index in [0.29, 0.717) is 18.6 Å². The Bertz CT molecular complexity index is 278. The Balaban J connectivity index is 1.99. The van der Waals surface area contributed by atoms with Gasteiger partial charge >= 0.3 is 0 Å². The average molecular weight is 222 g/mol. The number of hydrogen-bond donors (Lipinski definition) is 0. The van der Waals surface area contributed by atoms with Crippen molar-refractivity contribution in [2.45, 2.75) is 63.6 Å². The number of rotatable bonds is 3. The van der Waals surface area contributed by atoms with Gasteiger partial charge in [0.25, 0.3) is 0 Å². The molecule has 90 valence electrons. The Morgan fingerprint density at radius 1 is 1.50 bits per heavy atom. The van der Waals surface area contributed by atoms with Gasteiger partial charge in [0.2, 0.25) is 0 Å². The van der Waals surface area contributed by atoms with E-state index in [4.69, 9.17) is 10.00 Å². The molecular weight excluding hydrogens is 200 g/mol. The first-order valence-electron chi connectivity index (χ1n) is 6.43. The number of hydrogen-bond acceptors (Lipinski definition) is 3. The van der Waals surface area contributed by atoms with Crippen LogP contribution in [0.2, 0.25) is 0 Å². The van der Waals surface area contributed by atoms with E-state index in [2.05, 4.69) is 24.8 Å². The van der Waals surface area contributed by atoms with Gasteiger partial charge in [-0.05, 0) is 46.0 Å². The van der Waals surface area contributed by atoms with Crippen LogP contribution in [-0.4, -0.2) is 35.7 Å². The first kappa shape index (κ1) is 11.9. The summed E-state index contributed by atoms with van der Waals surface area (Å²) in [5, 5.41) is 8.89. The van der Waals surface area contributed by atoms with Crippen molar-refractivity contribution in [3.63, 3.8) is 0 Å². The molecule has 1 heterocycles. The molecule has 1 unspecified atom stereocenters. The maximum absolute atomic E-state index is 8.89. The largest absolute Gasteiger partial charge is 0.375 e. The third-order valence-corrected chi connectivity index (χ3v) is 4.12. The maximum atomic E-state index is 8.89. The fraction of sp³-hybridized carbons (Fsp3) is 0.923. The van der Waals surface area contributed by atoms with Crippen LogP contribution < -0.4 is 0 Å². The zero-order chi connectivity index (χ0) is 11.6. The summed E-state index contributed by atoms with van der Waals surface area (Å²) in [7, 11) is 0. The van der Waals surface area contributed by atoms with Gasteiger partial charge in [0, 0.05) is 18.7 Å². The molecule has 0 amide bonds. The lowest BCUT2D eigenvalue weighted by atomic mass is 9.73. The summed E-state index contributed by atoms with van der Waals surface area (Å²) in [6.07, 6.45) is 5.98. The van der Waals surface area contributed by atoms with Crippen LogP contribution in [0.5, 0.6) is 0 Å². The molecule has 0 aromatic rings. The van der Waals surface area contributed by atoms with Gasteiger partial charge in [-0.3, -0.25) is 4.90 Å². The van der Waals surface area contributed by atoms with Crippen LogP contribution in [0.25, 0.3) is 0 Å². The van der Waals surface area contributed by atoms with Crippen molar-refractivity contribution in [2.24, 2.45) is 0 Å². The van der Waals surface area contributed by atoms with Crippen LogP contribution in [-0.2, 0) is 4.74 Å². The summed E-state index contributed by atoms with van der Waals surface area (Å²) in [6, 6.07) is 3.30. The van der Waals surface area contributed by atoms with Crippen molar-refractivity contribution >= 4 is 0 Å². The highest BCUT2D eigenvalue weighted by Crippen LogP contribution is 2.43. The van der Waals surface area contributed by atoms with E-state index in [9.17, 15) is 0 Å². The van der Waals surface area contributed by atoms with Gasteiger partial charge in [-0.2, -0.15) is 5.26 Å². The second-order valence-electron chi connectivity index (χ2n) is 5.46. The lowest BCUT2D eigenvalue weighted by molar-refractivity contribution is -0.149. The molecule has 0 aromatic carbocycles. The van der Waals surface area contributed by atoms with Gasteiger partial charge in [0.1, 0.15) is 0 Å². The summed E-state index contributed by atoms with van der Waals surface area (Å²) in [4.78, 5) is 2.34. The molecule has 0 radical (unpaired) electrons. The van der Waals surface area contributed by atoms with Crippen molar-refractivity contribution in [1.82, 2.24) is 4.90 Å². The quantitative estimate of drug-likeness (QED) is 0.688. The Labute approximate surface area is 98.4 Å². The second kappa shape index (κ2) is 4.73. The van der Waals surface area contributed by atoms with Crippen molar-refractivity contribution in [3.05, 3.63) is 0 Å². The molecule has 2 aliphatic rings. The molecule has 1 aliphatic heterocycles. The van der Waals surface area contributed by atoms with E-state index in [1.165, 1.54) is 19.3 Å². The molecule has 1 atom stereocenters. The van der Waals surface area contributed by atoms with Crippen LogP contribution in [0.1, 0.15) is 46.0 Å². The summed E-state index contributed by atoms with van der Waals surface area (Å²) in [6.45, 7) is 5.79. The highest BCUT2D eigenvalue weighted by molar-refractivity contribution is 4.98. The Hall–Kier alpha value is -0.590. The smallest absolute Gasteiger partial charge is 0.0870 e. The minimum Gasteiger partial charge on any atom is -0.375 e. The second-order valence-corrected chi connectivity index (χ2v) is 5.46. The average Bonchev–Trinajstić information content (AvgIpc) is 2.23. The van der Waals surface area contributed by atoms with Gasteiger partial charge in [-0.15, -0.1) is 0 Å². The molecule has 1 saturated carbocycles. The van der Waals surface area contributed by atoms with Crippen molar-refractivity contribution in [2.75, 3.05) is 13.2 Å². The summed E-state index contributed by atoms with van der Waals surface area (Å²) in [5.41, 5.74) is 0.186. The minimum absolute atomic E-state index is 0.186. The predicted molar refractivity (Wildman–Crippen MR) is 63.0 cm³/mol. The third-order valence-electron chi connectivity index (χ3n) is 4.12. The highest BCUT2D eigenvalue weighted by atomic mass is 16.5. The molecule has 2 rings (SSSR count). The molecule has 0 bridgehead atoms. The lowest BCUT2D eigenvalue weighted by Gasteiger charge is -2.50. The summed E-state index contributed by atoms with van der Waals surface area (Å²) < 4.78 is 5.93. The first-order valence-corrected chi connectivity index (χ1v) is 6.43. The van der Waals surface area contributed by atoms with Crippen LogP contribution >= 0.6 is 0 Å².